The Morgan fingerprint density at radius 1 is 1.59 bits per heavy atom. The van der Waals surface area contributed by atoms with E-state index in [1.54, 1.807) is 0 Å². The second kappa shape index (κ2) is 5.39. The van der Waals surface area contributed by atoms with Gasteiger partial charge in [0.05, 0.1) is 12.1 Å². The summed E-state index contributed by atoms with van der Waals surface area (Å²) in [5.74, 6) is 0.705. The lowest BCUT2D eigenvalue weighted by Crippen LogP contribution is -2.30. The minimum Gasteiger partial charge on any atom is -0.329 e. The van der Waals surface area contributed by atoms with Gasteiger partial charge in [-0.25, -0.2) is 4.98 Å². The molecule has 17 heavy (non-hydrogen) atoms. The van der Waals surface area contributed by atoms with E-state index in [2.05, 4.69) is 21.8 Å². The van der Waals surface area contributed by atoms with Crippen LogP contribution in [0.25, 0.3) is 10.2 Å². The van der Waals surface area contributed by atoms with E-state index < -0.39 is 0 Å². The summed E-state index contributed by atoms with van der Waals surface area (Å²) in [7, 11) is 0. The molecule has 0 spiro atoms. The molecule has 2 aromatic heterocycles. The molecule has 0 radical (unpaired) electrons. The molecule has 0 saturated heterocycles. The van der Waals surface area contributed by atoms with Gasteiger partial charge in [-0.2, -0.15) is 0 Å². The molecule has 0 fully saturated rings. The fourth-order valence-corrected chi connectivity index (χ4v) is 2.47. The van der Waals surface area contributed by atoms with Gasteiger partial charge < -0.3 is 10.7 Å². The van der Waals surface area contributed by atoms with Crippen LogP contribution in [0.5, 0.6) is 0 Å². The Hall–Kier alpha value is -1.24. The zero-order valence-corrected chi connectivity index (χ0v) is 10.6. The molecule has 0 saturated carbocycles. The van der Waals surface area contributed by atoms with E-state index in [1.165, 1.54) is 11.3 Å². The van der Waals surface area contributed by atoms with Crippen molar-refractivity contribution in [1.82, 2.24) is 14.9 Å². The molecule has 0 aliphatic carbocycles. The van der Waals surface area contributed by atoms with Crippen LogP contribution in [0, 0.1) is 0 Å². The molecule has 0 aromatic carbocycles. The Bertz CT molecular complexity index is 548. The number of nitrogens with two attached hydrogens (primary N) is 1. The average molecular weight is 252 g/mol. The van der Waals surface area contributed by atoms with Crippen molar-refractivity contribution in [2.45, 2.75) is 13.5 Å². The van der Waals surface area contributed by atoms with E-state index in [0.717, 1.165) is 18.6 Å². The van der Waals surface area contributed by atoms with Crippen molar-refractivity contribution >= 4 is 21.6 Å². The first-order valence-corrected chi connectivity index (χ1v) is 6.51. The average Bonchev–Trinajstić information content (AvgIpc) is 2.77. The van der Waals surface area contributed by atoms with Crippen LogP contribution in [0.2, 0.25) is 0 Å². The van der Waals surface area contributed by atoms with Gasteiger partial charge >= 0.3 is 0 Å². The van der Waals surface area contributed by atoms with Crippen LogP contribution >= 0.6 is 11.3 Å². The highest BCUT2D eigenvalue weighted by atomic mass is 32.1. The normalized spacial score (nSPS) is 11.5. The van der Waals surface area contributed by atoms with Crippen LogP contribution in [-0.4, -0.2) is 34.5 Å². The maximum Gasteiger partial charge on any atom is 0.268 e. The maximum absolute atomic E-state index is 11.8. The fraction of sp³-hybridized carbons (Fsp3) is 0.455. The largest absolute Gasteiger partial charge is 0.329 e. The van der Waals surface area contributed by atoms with Crippen LogP contribution in [-0.2, 0) is 6.54 Å². The molecular formula is C11H16N4OS. The number of thiophene rings is 1. The highest BCUT2D eigenvalue weighted by Gasteiger charge is 2.08. The Kier molecular flexibility index (Phi) is 3.88. The molecule has 0 atom stereocenters. The number of H-pyrrole nitrogens is 1. The maximum atomic E-state index is 11.8. The van der Waals surface area contributed by atoms with E-state index in [1.807, 2.05) is 11.4 Å². The molecule has 2 aromatic rings. The van der Waals surface area contributed by atoms with Gasteiger partial charge in [0.1, 0.15) is 10.5 Å². The quantitative estimate of drug-likeness (QED) is 0.824. The van der Waals surface area contributed by atoms with Gasteiger partial charge in [0, 0.05) is 13.1 Å². The summed E-state index contributed by atoms with van der Waals surface area (Å²) < 4.78 is 0.690. The number of hydrogen-bond acceptors (Lipinski definition) is 5. The Balaban J connectivity index is 2.26. The number of nitrogens with zero attached hydrogens (tertiary/aromatic N) is 2. The minimum absolute atomic E-state index is 0.0520. The number of hydrogen-bond donors (Lipinski definition) is 2. The van der Waals surface area contributed by atoms with Gasteiger partial charge in [0.15, 0.2) is 0 Å². The standard InChI is InChI=1S/C11H16N4OS/c1-2-15(5-4-12)7-9-13-8-3-6-17-10(8)11(16)14-9/h3,6H,2,4-5,7,12H2,1H3,(H,13,14,16). The summed E-state index contributed by atoms with van der Waals surface area (Å²) >= 11 is 1.42. The highest BCUT2D eigenvalue weighted by molar-refractivity contribution is 7.17. The number of aromatic amines is 1. The second-order valence-electron chi connectivity index (χ2n) is 3.81. The van der Waals surface area contributed by atoms with Crippen LogP contribution in [0.1, 0.15) is 12.7 Å². The van der Waals surface area contributed by atoms with Gasteiger partial charge in [0.2, 0.25) is 0 Å². The molecule has 6 heteroatoms. The van der Waals surface area contributed by atoms with Crippen molar-refractivity contribution in [3.8, 4) is 0 Å². The van der Waals surface area contributed by atoms with Crippen molar-refractivity contribution in [1.29, 1.82) is 0 Å². The molecular weight excluding hydrogens is 236 g/mol. The topological polar surface area (TPSA) is 75.0 Å². The molecule has 3 N–H and O–H groups in total. The molecule has 0 amide bonds. The molecule has 2 heterocycles. The number of aromatic nitrogens is 2. The zero-order chi connectivity index (χ0) is 12.3. The number of rotatable bonds is 5. The SMILES string of the molecule is CCN(CCN)Cc1nc2ccsc2c(=O)[nH]1. The lowest BCUT2D eigenvalue weighted by Gasteiger charge is -2.18. The first kappa shape index (κ1) is 12.2. The fourth-order valence-electron chi connectivity index (χ4n) is 1.74. The van der Waals surface area contributed by atoms with Gasteiger partial charge in [-0.15, -0.1) is 11.3 Å². The lowest BCUT2D eigenvalue weighted by molar-refractivity contribution is 0.281. The molecule has 0 aliphatic rings. The van der Waals surface area contributed by atoms with E-state index in [-0.39, 0.29) is 5.56 Å². The van der Waals surface area contributed by atoms with Gasteiger partial charge in [0.25, 0.3) is 5.56 Å². The van der Waals surface area contributed by atoms with Crippen LogP contribution < -0.4 is 11.3 Å². The van der Waals surface area contributed by atoms with Crippen molar-refractivity contribution in [3.63, 3.8) is 0 Å². The molecule has 92 valence electrons. The van der Waals surface area contributed by atoms with E-state index in [4.69, 9.17) is 5.73 Å². The smallest absolute Gasteiger partial charge is 0.268 e. The lowest BCUT2D eigenvalue weighted by atomic mass is 10.4. The Labute approximate surface area is 103 Å². The van der Waals surface area contributed by atoms with Crippen molar-refractivity contribution in [3.05, 3.63) is 27.6 Å². The summed E-state index contributed by atoms with van der Waals surface area (Å²) in [5.41, 5.74) is 6.25. The van der Waals surface area contributed by atoms with E-state index in [9.17, 15) is 4.79 Å². The number of nitrogens with one attached hydrogen (secondary N) is 1. The van der Waals surface area contributed by atoms with Crippen LogP contribution in [0.4, 0.5) is 0 Å². The molecule has 5 nitrogen and oxygen atoms in total. The third kappa shape index (κ3) is 2.71. The van der Waals surface area contributed by atoms with Crippen molar-refractivity contribution < 1.29 is 0 Å². The summed E-state index contributed by atoms with van der Waals surface area (Å²) in [6, 6.07) is 1.87. The van der Waals surface area contributed by atoms with Crippen molar-refractivity contribution in [2.24, 2.45) is 5.73 Å². The third-order valence-electron chi connectivity index (χ3n) is 2.63. The van der Waals surface area contributed by atoms with E-state index in [0.29, 0.717) is 23.6 Å². The summed E-state index contributed by atoms with van der Waals surface area (Å²) in [6.07, 6.45) is 0. The number of likely N-dealkylation sites (N-methyl/N-ethyl adjacent to an activating group) is 1. The summed E-state index contributed by atoms with van der Waals surface area (Å²) in [6.45, 7) is 5.01. The van der Waals surface area contributed by atoms with E-state index >= 15 is 0 Å². The third-order valence-corrected chi connectivity index (χ3v) is 3.53. The van der Waals surface area contributed by atoms with Crippen molar-refractivity contribution in [2.75, 3.05) is 19.6 Å². The predicted molar refractivity (Wildman–Crippen MR) is 70.2 cm³/mol. The van der Waals surface area contributed by atoms with Crippen LogP contribution in [0.15, 0.2) is 16.2 Å². The Morgan fingerprint density at radius 2 is 2.41 bits per heavy atom. The summed E-state index contributed by atoms with van der Waals surface area (Å²) in [5, 5.41) is 1.88. The van der Waals surface area contributed by atoms with Gasteiger partial charge in [-0.1, -0.05) is 6.92 Å². The minimum atomic E-state index is -0.0520. The van der Waals surface area contributed by atoms with Gasteiger partial charge in [-0.3, -0.25) is 9.69 Å². The first-order chi connectivity index (χ1) is 8.24. The Morgan fingerprint density at radius 3 is 3.12 bits per heavy atom. The monoisotopic (exact) mass is 252 g/mol. The molecule has 0 aliphatic heterocycles. The van der Waals surface area contributed by atoms with Gasteiger partial charge in [-0.05, 0) is 18.0 Å². The summed E-state index contributed by atoms with van der Waals surface area (Å²) in [4.78, 5) is 21.2. The highest BCUT2D eigenvalue weighted by Crippen LogP contribution is 2.13. The zero-order valence-electron chi connectivity index (χ0n) is 9.77. The molecule has 0 bridgehead atoms. The second-order valence-corrected chi connectivity index (χ2v) is 4.72. The molecule has 2 rings (SSSR count). The van der Waals surface area contributed by atoms with Crippen LogP contribution in [0.3, 0.4) is 0 Å². The number of fused-ring (bicyclic) bond motifs is 1. The predicted octanol–water partition coefficient (Wildman–Crippen LogP) is 0.765. The first-order valence-electron chi connectivity index (χ1n) is 5.63. The molecule has 0 unspecified atom stereocenters.